The van der Waals surface area contributed by atoms with E-state index in [1.54, 1.807) is 19.1 Å². The van der Waals surface area contributed by atoms with Crippen LogP contribution in [0.25, 0.3) is 0 Å². The van der Waals surface area contributed by atoms with E-state index < -0.39 is 5.41 Å². The Kier molecular flexibility index (Phi) is 8.84. The minimum Gasteiger partial charge on any atom is -0.396 e. The van der Waals surface area contributed by atoms with Crippen LogP contribution in [0.3, 0.4) is 0 Å². The standard InChI is InChI=1S/C12H13BrO2.C5H12O3/c1-12(2,3)10-4-9(7-15)11(13)5-8(10)6-14;1-5(2-6,3-7)4-8/h4-7H,1-3H3;6-8H,2-4H2,1H3. The molecule has 0 saturated carbocycles. The van der Waals surface area contributed by atoms with Crippen molar-refractivity contribution in [2.45, 2.75) is 33.1 Å². The number of carbonyl (C=O) groups excluding carboxylic acids is 2. The first kappa shape index (κ1) is 21.9. The van der Waals surface area contributed by atoms with Crippen molar-refractivity contribution in [3.63, 3.8) is 0 Å². The molecule has 1 aromatic rings. The Bertz CT molecular complexity index is 522. The normalized spacial score (nSPS) is 11.5. The number of aldehydes is 2. The SMILES string of the molecule is CC(C)(C)c1cc(C=O)c(Br)cc1C=O.CC(CO)(CO)CO. The molecule has 0 amide bonds. The monoisotopic (exact) mass is 388 g/mol. The highest BCUT2D eigenvalue weighted by atomic mass is 79.9. The summed E-state index contributed by atoms with van der Waals surface area (Å²) < 4.78 is 0.660. The third-order valence-electron chi connectivity index (χ3n) is 3.38. The van der Waals surface area contributed by atoms with Crippen molar-refractivity contribution in [2.24, 2.45) is 5.41 Å². The lowest BCUT2D eigenvalue weighted by atomic mass is 9.83. The lowest BCUT2D eigenvalue weighted by Gasteiger charge is -2.21. The zero-order valence-corrected chi connectivity index (χ0v) is 15.6. The smallest absolute Gasteiger partial charge is 0.151 e. The van der Waals surface area contributed by atoms with Gasteiger partial charge in [-0.1, -0.05) is 43.6 Å². The Labute approximate surface area is 145 Å². The van der Waals surface area contributed by atoms with E-state index in [0.717, 1.165) is 18.1 Å². The van der Waals surface area contributed by atoms with Gasteiger partial charge in [0.1, 0.15) is 6.29 Å². The van der Waals surface area contributed by atoms with Gasteiger partial charge < -0.3 is 15.3 Å². The zero-order valence-electron chi connectivity index (χ0n) is 14.0. The van der Waals surface area contributed by atoms with Crippen LogP contribution in [0.4, 0.5) is 0 Å². The maximum absolute atomic E-state index is 10.9. The minimum absolute atomic E-state index is 0.144. The predicted molar refractivity (Wildman–Crippen MR) is 93.0 cm³/mol. The number of halogens is 1. The maximum atomic E-state index is 10.9. The summed E-state index contributed by atoms with van der Waals surface area (Å²) in [5.74, 6) is 0. The van der Waals surface area contributed by atoms with E-state index in [-0.39, 0.29) is 25.2 Å². The molecule has 0 radical (unpaired) electrons. The molecule has 0 bridgehead atoms. The Morgan fingerprint density at radius 2 is 1.35 bits per heavy atom. The molecule has 5 nitrogen and oxygen atoms in total. The van der Waals surface area contributed by atoms with Crippen molar-refractivity contribution in [2.75, 3.05) is 19.8 Å². The first-order chi connectivity index (χ1) is 10.6. The number of carbonyl (C=O) groups is 2. The summed E-state index contributed by atoms with van der Waals surface area (Å²) in [6, 6.07) is 3.46. The fraction of sp³-hybridized carbons (Fsp3) is 0.529. The molecule has 3 N–H and O–H groups in total. The Hall–Kier alpha value is -1.08. The third-order valence-corrected chi connectivity index (χ3v) is 4.06. The van der Waals surface area contributed by atoms with E-state index in [0.29, 0.717) is 15.6 Å². The van der Waals surface area contributed by atoms with Crippen LogP contribution in [-0.4, -0.2) is 47.7 Å². The molecule has 0 heterocycles. The summed E-state index contributed by atoms with van der Waals surface area (Å²) >= 11 is 3.26. The van der Waals surface area contributed by atoms with Gasteiger partial charge in [0, 0.05) is 21.0 Å². The summed E-state index contributed by atoms with van der Waals surface area (Å²) in [6.45, 7) is 7.10. The van der Waals surface area contributed by atoms with Gasteiger partial charge in [-0.15, -0.1) is 0 Å². The maximum Gasteiger partial charge on any atom is 0.151 e. The summed E-state index contributed by atoms with van der Waals surface area (Å²) in [5.41, 5.74) is 1.24. The van der Waals surface area contributed by atoms with Gasteiger partial charge in [-0.3, -0.25) is 9.59 Å². The van der Waals surface area contributed by atoms with Gasteiger partial charge in [-0.25, -0.2) is 0 Å². The molecule has 0 unspecified atom stereocenters. The highest BCUT2D eigenvalue weighted by Crippen LogP contribution is 2.29. The molecule has 0 aliphatic carbocycles. The van der Waals surface area contributed by atoms with Crippen molar-refractivity contribution in [3.05, 3.63) is 33.3 Å². The van der Waals surface area contributed by atoms with Crippen molar-refractivity contribution in [3.8, 4) is 0 Å². The molecular weight excluding hydrogens is 364 g/mol. The highest BCUT2D eigenvalue weighted by molar-refractivity contribution is 9.10. The number of hydrogen-bond donors (Lipinski definition) is 3. The van der Waals surface area contributed by atoms with Crippen LogP contribution in [-0.2, 0) is 5.41 Å². The molecule has 23 heavy (non-hydrogen) atoms. The van der Waals surface area contributed by atoms with E-state index in [9.17, 15) is 9.59 Å². The third kappa shape index (κ3) is 6.51. The van der Waals surface area contributed by atoms with Crippen molar-refractivity contribution in [1.82, 2.24) is 0 Å². The van der Waals surface area contributed by atoms with Crippen molar-refractivity contribution in [1.29, 1.82) is 0 Å². The fourth-order valence-electron chi connectivity index (χ4n) is 1.59. The van der Waals surface area contributed by atoms with Gasteiger partial charge in [0.05, 0.1) is 19.8 Å². The van der Waals surface area contributed by atoms with E-state index in [1.165, 1.54) is 0 Å². The quantitative estimate of drug-likeness (QED) is 0.672. The van der Waals surface area contributed by atoms with Crippen LogP contribution in [0.15, 0.2) is 16.6 Å². The molecule has 0 aromatic heterocycles. The summed E-state index contributed by atoms with van der Waals surface area (Å²) in [6.07, 6.45) is 1.60. The Morgan fingerprint density at radius 1 is 0.913 bits per heavy atom. The predicted octanol–water partition coefficient (Wildman–Crippen LogP) is 2.34. The molecule has 0 aliphatic rings. The summed E-state index contributed by atoms with van der Waals surface area (Å²) in [7, 11) is 0. The topological polar surface area (TPSA) is 94.8 Å². The number of benzene rings is 1. The van der Waals surface area contributed by atoms with Crippen molar-refractivity contribution < 1.29 is 24.9 Å². The van der Waals surface area contributed by atoms with Gasteiger partial charge in [-0.2, -0.15) is 0 Å². The molecule has 0 fully saturated rings. The highest BCUT2D eigenvalue weighted by Gasteiger charge is 2.20. The number of aliphatic hydroxyl groups is 3. The number of hydrogen-bond acceptors (Lipinski definition) is 5. The average molecular weight is 389 g/mol. The van der Waals surface area contributed by atoms with Gasteiger partial charge in [0.25, 0.3) is 0 Å². The molecule has 0 aliphatic heterocycles. The van der Waals surface area contributed by atoms with Gasteiger partial charge in [-0.05, 0) is 23.1 Å². The van der Waals surface area contributed by atoms with Crippen LogP contribution in [0.1, 0.15) is 54.0 Å². The van der Waals surface area contributed by atoms with E-state index in [4.69, 9.17) is 15.3 Å². The van der Waals surface area contributed by atoms with Crippen molar-refractivity contribution >= 4 is 28.5 Å². The largest absolute Gasteiger partial charge is 0.396 e. The van der Waals surface area contributed by atoms with Crippen LogP contribution in [0, 0.1) is 5.41 Å². The van der Waals surface area contributed by atoms with Gasteiger partial charge in [0.2, 0.25) is 0 Å². The number of rotatable bonds is 5. The molecular formula is C17H25BrO5. The van der Waals surface area contributed by atoms with E-state index >= 15 is 0 Å². The molecule has 1 aromatic carbocycles. The Morgan fingerprint density at radius 3 is 1.61 bits per heavy atom. The first-order valence-electron chi connectivity index (χ1n) is 7.15. The van der Waals surface area contributed by atoms with E-state index in [1.807, 2.05) is 20.8 Å². The van der Waals surface area contributed by atoms with Gasteiger partial charge in [0.15, 0.2) is 6.29 Å². The van der Waals surface area contributed by atoms with Crippen LogP contribution in [0.5, 0.6) is 0 Å². The lowest BCUT2D eigenvalue weighted by Crippen LogP contribution is -2.29. The van der Waals surface area contributed by atoms with Crippen LogP contribution >= 0.6 is 15.9 Å². The average Bonchev–Trinajstić information content (AvgIpc) is 2.53. The first-order valence-corrected chi connectivity index (χ1v) is 7.94. The van der Waals surface area contributed by atoms with Gasteiger partial charge >= 0.3 is 0 Å². The van der Waals surface area contributed by atoms with Crippen LogP contribution in [0.2, 0.25) is 0 Å². The second-order valence-electron chi connectivity index (χ2n) is 6.73. The van der Waals surface area contributed by atoms with Crippen LogP contribution < -0.4 is 0 Å². The summed E-state index contributed by atoms with van der Waals surface area (Å²) in [4.78, 5) is 21.7. The number of aliphatic hydroxyl groups excluding tert-OH is 3. The molecule has 1 rings (SSSR count). The van der Waals surface area contributed by atoms with E-state index in [2.05, 4.69) is 15.9 Å². The second kappa shape index (κ2) is 9.27. The molecule has 130 valence electrons. The summed E-state index contributed by atoms with van der Waals surface area (Å²) in [5, 5.41) is 25.4. The molecule has 0 atom stereocenters. The fourth-order valence-corrected chi connectivity index (χ4v) is 2.05. The minimum atomic E-state index is -0.708. The lowest BCUT2D eigenvalue weighted by molar-refractivity contribution is 0.0200. The second-order valence-corrected chi connectivity index (χ2v) is 7.59. The Balaban J connectivity index is 0.000000515. The molecule has 0 spiro atoms. The molecule has 6 heteroatoms. The molecule has 0 saturated heterocycles. The zero-order chi connectivity index (χ0) is 18.3.